The Balaban J connectivity index is 2.24. The summed E-state index contributed by atoms with van der Waals surface area (Å²) in [5.74, 6) is 0. The summed E-state index contributed by atoms with van der Waals surface area (Å²) >= 11 is 0. The summed E-state index contributed by atoms with van der Waals surface area (Å²) in [5, 5.41) is 19.8. The van der Waals surface area contributed by atoms with E-state index in [1.54, 1.807) is 0 Å². The molecule has 0 aromatic carbocycles. The summed E-state index contributed by atoms with van der Waals surface area (Å²) < 4.78 is 0. The second-order valence-corrected chi connectivity index (χ2v) is 4.32. The number of hydrogen-bond acceptors (Lipinski definition) is 2. The van der Waals surface area contributed by atoms with E-state index >= 15 is 0 Å². The van der Waals surface area contributed by atoms with E-state index in [1.807, 2.05) is 0 Å². The van der Waals surface area contributed by atoms with Gasteiger partial charge in [0, 0.05) is 0 Å². The van der Waals surface area contributed by atoms with Crippen LogP contribution in [-0.2, 0) is 0 Å². The van der Waals surface area contributed by atoms with Gasteiger partial charge in [-0.1, -0.05) is 39.0 Å². The minimum Gasteiger partial charge on any atom is -0.390 e. The number of unbranched alkanes of at least 4 members (excludes halogenated alkanes) is 2. The van der Waals surface area contributed by atoms with Crippen LogP contribution in [0.25, 0.3) is 0 Å². The van der Waals surface area contributed by atoms with Gasteiger partial charge in [-0.15, -0.1) is 0 Å². The van der Waals surface area contributed by atoms with Crippen molar-refractivity contribution in [1.82, 2.24) is 0 Å². The Hall–Kier alpha value is -0.0800. The lowest BCUT2D eigenvalue weighted by molar-refractivity contribution is -0.0736. The molecule has 0 amide bonds. The molecule has 0 aromatic heterocycles. The molecule has 78 valence electrons. The van der Waals surface area contributed by atoms with Crippen LogP contribution in [0.15, 0.2) is 0 Å². The maximum atomic E-state index is 10.0. The third-order valence-electron chi connectivity index (χ3n) is 3.17. The minimum absolute atomic E-state index is 0.485. The smallest absolute Gasteiger partial charge is 0.0905 e. The van der Waals surface area contributed by atoms with Crippen LogP contribution in [0.5, 0.6) is 0 Å². The number of hydrogen-bond donors (Lipinski definition) is 2. The van der Waals surface area contributed by atoms with E-state index in [0.717, 1.165) is 44.9 Å². The zero-order valence-corrected chi connectivity index (χ0v) is 8.63. The maximum Gasteiger partial charge on any atom is 0.0905 e. The maximum absolute atomic E-state index is 10.0. The summed E-state index contributed by atoms with van der Waals surface area (Å²) in [6.45, 7) is 2.15. The van der Waals surface area contributed by atoms with Gasteiger partial charge in [-0.05, 0) is 19.3 Å². The first-order valence-electron chi connectivity index (χ1n) is 5.59. The molecule has 2 N–H and O–H groups in total. The average Bonchev–Trinajstić information content (AvgIpc) is 2.54. The molecule has 0 radical (unpaired) electrons. The molecule has 0 saturated heterocycles. The largest absolute Gasteiger partial charge is 0.390 e. The van der Waals surface area contributed by atoms with Gasteiger partial charge >= 0.3 is 0 Å². The van der Waals surface area contributed by atoms with Crippen molar-refractivity contribution >= 4 is 0 Å². The fourth-order valence-corrected chi connectivity index (χ4v) is 2.18. The van der Waals surface area contributed by atoms with E-state index in [-0.39, 0.29) is 0 Å². The van der Waals surface area contributed by atoms with E-state index in [2.05, 4.69) is 6.92 Å². The molecule has 1 unspecified atom stereocenters. The van der Waals surface area contributed by atoms with Crippen molar-refractivity contribution in [2.45, 2.75) is 70.0 Å². The highest BCUT2D eigenvalue weighted by Gasteiger charge is 2.37. The third kappa shape index (κ3) is 2.96. The van der Waals surface area contributed by atoms with Crippen LogP contribution in [-0.4, -0.2) is 21.9 Å². The van der Waals surface area contributed by atoms with Gasteiger partial charge in [0.05, 0.1) is 11.7 Å². The SMILES string of the molecule is CCCCCC(O)C1(O)CCCC1. The molecule has 0 aromatic rings. The third-order valence-corrected chi connectivity index (χ3v) is 3.17. The second-order valence-electron chi connectivity index (χ2n) is 4.32. The first-order valence-corrected chi connectivity index (χ1v) is 5.59. The van der Waals surface area contributed by atoms with E-state index < -0.39 is 11.7 Å². The van der Waals surface area contributed by atoms with Gasteiger partial charge in [0.1, 0.15) is 0 Å². The Morgan fingerprint density at radius 3 is 2.38 bits per heavy atom. The van der Waals surface area contributed by atoms with Crippen LogP contribution in [0.4, 0.5) is 0 Å². The molecule has 2 nitrogen and oxygen atoms in total. The molecule has 0 heterocycles. The summed E-state index contributed by atoms with van der Waals surface area (Å²) in [5.41, 5.74) is -0.742. The van der Waals surface area contributed by atoms with Crippen molar-refractivity contribution in [3.63, 3.8) is 0 Å². The second kappa shape index (κ2) is 4.97. The van der Waals surface area contributed by atoms with Crippen LogP contribution in [0.2, 0.25) is 0 Å². The van der Waals surface area contributed by atoms with Crippen molar-refractivity contribution in [2.75, 3.05) is 0 Å². The first-order chi connectivity index (χ1) is 6.19. The molecular formula is C11H22O2. The molecule has 13 heavy (non-hydrogen) atoms. The van der Waals surface area contributed by atoms with Crippen LogP contribution in [0.3, 0.4) is 0 Å². The Morgan fingerprint density at radius 1 is 1.23 bits per heavy atom. The first kappa shape index (κ1) is 11.0. The Kier molecular flexibility index (Phi) is 4.20. The number of aliphatic hydroxyl groups is 2. The zero-order chi connectivity index (χ0) is 9.73. The van der Waals surface area contributed by atoms with Crippen molar-refractivity contribution in [2.24, 2.45) is 0 Å². The van der Waals surface area contributed by atoms with Crippen LogP contribution in [0.1, 0.15) is 58.3 Å². The molecule has 1 aliphatic carbocycles. The molecule has 0 aliphatic heterocycles. The lowest BCUT2D eigenvalue weighted by Gasteiger charge is -2.28. The highest BCUT2D eigenvalue weighted by molar-refractivity contribution is 4.90. The predicted octanol–water partition coefficient (Wildman–Crippen LogP) is 2.23. The lowest BCUT2D eigenvalue weighted by atomic mass is 9.91. The van der Waals surface area contributed by atoms with Gasteiger partial charge in [0.2, 0.25) is 0 Å². The summed E-state index contributed by atoms with van der Waals surface area (Å²) in [6.07, 6.45) is 7.38. The number of aliphatic hydroxyl groups excluding tert-OH is 1. The van der Waals surface area contributed by atoms with Crippen molar-refractivity contribution in [3.8, 4) is 0 Å². The van der Waals surface area contributed by atoms with Gasteiger partial charge in [-0.3, -0.25) is 0 Å². The van der Waals surface area contributed by atoms with Crippen LogP contribution in [0, 0.1) is 0 Å². The minimum atomic E-state index is -0.742. The van der Waals surface area contributed by atoms with Gasteiger partial charge < -0.3 is 10.2 Å². The molecule has 1 atom stereocenters. The average molecular weight is 186 g/mol. The fourth-order valence-electron chi connectivity index (χ4n) is 2.18. The standard InChI is InChI=1S/C11H22O2/c1-2-3-4-7-10(12)11(13)8-5-6-9-11/h10,12-13H,2-9H2,1H3. The molecule has 1 fully saturated rings. The predicted molar refractivity (Wildman–Crippen MR) is 53.6 cm³/mol. The molecule has 1 rings (SSSR count). The Morgan fingerprint density at radius 2 is 1.85 bits per heavy atom. The molecule has 1 saturated carbocycles. The van der Waals surface area contributed by atoms with Crippen LogP contribution < -0.4 is 0 Å². The van der Waals surface area contributed by atoms with Gasteiger partial charge in [-0.2, -0.15) is 0 Å². The normalized spacial score (nSPS) is 23.3. The molecule has 0 spiro atoms. The number of rotatable bonds is 5. The van der Waals surface area contributed by atoms with Crippen LogP contribution >= 0.6 is 0 Å². The zero-order valence-electron chi connectivity index (χ0n) is 8.63. The van der Waals surface area contributed by atoms with Gasteiger partial charge in [0.15, 0.2) is 0 Å². The monoisotopic (exact) mass is 186 g/mol. The lowest BCUT2D eigenvalue weighted by Crippen LogP contribution is -2.39. The topological polar surface area (TPSA) is 40.5 Å². The Bertz CT molecular complexity index is 139. The van der Waals surface area contributed by atoms with Crippen molar-refractivity contribution < 1.29 is 10.2 Å². The summed E-state index contributed by atoms with van der Waals surface area (Å²) in [6, 6.07) is 0. The Labute approximate surface area is 81.0 Å². The van der Waals surface area contributed by atoms with E-state index in [1.165, 1.54) is 6.42 Å². The van der Waals surface area contributed by atoms with Crippen molar-refractivity contribution in [1.29, 1.82) is 0 Å². The molecule has 1 aliphatic rings. The highest BCUT2D eigenvalue weighted by Crippen LogP contribution is 2.34. The summed E-state index contributed by atoms with van der Waals surface area (Å²) in [4.78, 5) is 0. The van der Waals surface area contributed by atoms with Gasteiger partial charge in [0.25, 0.3) is 0 Å². The van der Waals surface area contributed by atoms with Gasteiger partial charge in [-0.25, -0.2) is 0 Å². The van der Waals surface area contributed by atoms with E-state index in [9.17, 15) is 10.2 Å². The molecule has 0 bridgehead atoms. The van der Waals surface area contributed by atoms with E-state index in [0.29, 0.717) is 0 Å². The highest BCUT2D eigenvalue weighted by atomic mass is 16.3. The summed E-state index contributed by atoms with van der Waals surface area (Å²) in [7, 11) is 0. The fraction of sp³-hybridized carbons (Fsp3) is 1.00. The van der Waals surface area contributed by atoms with E-state index in [4.69, 9.17) is 0 Å². The quantitative estimate of drug-likeness (QED) is 0.646. The van der Waals surface area contributed by atoms with Crippen molar-refractivity contribution in [3.05, 3.63) is 0 Å². The molecular weight excluding hydrogens is 164 g/mol. The molecule has 2 heteroatoms.